The Hall–Kier alpha value is -2.12. The van der Waals surface area contributed by atoms with Crippen LogP contribution in [0.3, 0.4) is 0 Å². The SMILES string of the molecule is CC1(C)OB(c2ccc3c(=O)c4ccc(B5OC(C)(C)C(C)(C)O5)cc4oc3c2)OC1(C)C. The van der Waals surface area contributed by atoms with Crippen LogP contribution in [0.2, 0.25) is 0 Å². The highest BCUT2D eigenvalue weighted by Crippen LogP contribution is 2.37. The van der Waals surface area contributed by atoms with Gasteiger partial charge in [0.25, 0.3) is 0 Å². The third-order valence-electron chi connectivity index (χ3n) is 7.77. The smallest absolute Gasteiger partial charge is 0.456 e. The van der Waals surface area contributed by atoms with Crippen LogP contribution in [0.5, 0.6) is 0 Å². The molecular weight excluding hydrogens is 418 g/mol. The van der Waals surface area contributed by atoms with Crippen LogP contribution < -0.4 is 16.4 Å². The molecular formula is C25H30B2O6. The number of hydrogen-bond donors (Lipinski definition) is 0. The molecule has 33 heavy (non-hydrogen) atoms. The monoisotopic (exact) mass is 448 g/mol. The summed E-state index contributed by atoms with van der Waals surface area (Å²) in [5.74, 6) is 0. The molecule has 0 atom stereocenters. The Bertz CT molecular complexity index is 1190. The van der Waals surface area contributed by atoms with Crippen molar-refractivity contribution >= 4 is 47.1 Å². The van der Waals surface area contributed by atoms with Crippen LogP contribution >= 0.6 is 0 Å². The van der Waals surface area contributed by atoms with Crippen molar-refractivity contribution in [3.05, 3.63) is 46.6 Å². The van der Waals surface area contributed by atoms with E-state index >= 15 is 0 Å². The normalized spacial score (nSPS) is 23.0. The fourth-order valence-corrected chi connectivity index (χ4v) is 4.14. The van der Waals surface area contributed by atoms with Gasteiger partial charge < -0.3 is 23.0 Å². The first kappa shape index (κ1) is 22.7. The molecule has 172 valence electrons. The minimum atomic E-state index is -0.531. The zero-order chi connectivity index (χ0) is 24.0. The van der Waals surface area contributed by atoms with Crippen molar-refractivity contribution in [1.29, 1.82) is 0 Å². The minimum absolute atomic E-state index is 0.0767. The molecule has 1 aromatic heterocycles. The van der Waals surface area contributed by atoms with Gasteiger partial charge in [-0.1, -0.05) is 12.1 Å². The van der Waals surface area contributed by atoms with Crippen LogP contribution in [0.15, 0.2) is 45.6 Å². The molecule has 0 unspecified atom stereocenters. The van der Waals surface area contributed by atoms with E-state index in [4.69, 9.17) is 23.0 Å². The van der Waals surface area contributed by atoms with Crippen molar-refractivity contribution < 1.29 is 23.0 Å². The van der Waals surface area contributed by atoms with Gasteiger partial charge in [-0.05, 0) is 90.6 Å². The van der Waals surface area contributed by atoms with Crippen LogP contribution in [0.25, 0.3) is 21.9 Å². The van der Waals surface area contributed by atoms with Gasteiger partial charge in [0.2, 0.25) is 5.43 Å². The average Bonchev–Trinajstić information content (AvgIpc) is 3.07. The van der Waals surface area contributed by atoms with Gasteiger partial charge in [-0.3, -0.25) is 4.79 Å². The number of rotatable bonds is 2. The predicted molar refractivity (Wildman–Crippen MR) is 131 cm³/mol. The fraction of sp³-hybridized carbons (Fsp3) is 0.480. The summed E-state index contributed by atoms with van der Waals surface area (Å²) in [6, 6.07) is 11.0. The van der Waals surface area contributed by atoms with Gasteiger partial charge in [-0.25, -0.2) is 0 Å². The van der Waals surface area contributed by atoms with Gasteiger partial charge in [0, 0.05) is 0 Å². The first-order valence-electron chi connectivity index (χ1n) is 11.4. The molecule has 0 radical (unpaired) electrons. The molecule has 8 heteroatoms. The van der Waals surface area contributed by atoms with Crippen molar-refractivity contribution in [2.24, 2.45) is 0 Å². The molecule has 0 spiro atoms. The lowest BCUT2D eigenvalue weighted by molar-refractivity contribution is 0.00578. The lowest BCUT2D eigenvalue weighted by Crippen LogP contribution is -2.41. The maximum absolute atomic E-state index is 13.2. The second-order valence-electron chi connectivity index (χ2n) is 11.1. The number of hydrogen-bond acceptors (Lipinski definition) is 6. The zero-order valence-electron chi connectivity index (χ0n) is 20.6. The molecule has 6 nitrogen and oxygen atoms in total. The molecule has 0 saturated carbocycles. The second-order valence-corrected chi connectivity index (χ2v) is 11.1. The molecule has 0 amide bonds. The van der Waals surface area contributed by atoms with E-state index in [1.165, 1.54) is 0 Å². The summed E-state index contributed by atoms with van der Waals surface area (Å²) in [5, 5.41) is 1.04. The van der Waals surface area contributed by atoms with Gasteiger partial charge in [-0.2, -0.15) is 0 Å². The first-order chi connectivity index (χ1) is 15.2. The van der Waals surface area contributed by atoms with E-state index in [-0.39, 0.29) is 5.43 Å². The Labute approximate surface area is 194 Å². The summed E-state index contributed by atoms with van der Waals surface area (Å²) >= 11 is 0. The maximum atomic E-state index is 13.2. The first-order valence-corrected chi connectivity index (χ1v) is 11.4. The van der Waals surface area contributed by atoms with Gasteiger partial charge >= 0.3 is 14.2 Å². The molecule has 3 aromatic rings. The van der Waals surface area contributed by atoms with Crippen molar-refractivity contribution in [2.75, 3.05) is 0 Å². The van der Waals surface area contributed by atoms with Crippen LogP contribution in [0.1, 0.15) is 55.4 Å². The summed E-state index contributed by atoms with van der Waals surface area (Å²) in [6.45, 7) is 16.1. The molecule has 0 bridgehead atoms. The average molecular weight is 448 g/mol. The van der Waals surface area contributed by atoms with E-state index in [0.717, 1.165) is 10.9 Å². The molecule has 2 aliphatic rings. The maximum Gasteiger partial charge on any atom is 0.494 e. The molecule has 0 N–H and O–H groups in total. The number of benzene rings is 2. The summed E-state index contributed by atoms with van der Waals surface area (Å²) in [5.41, 5.74) is 0.729. The lowest BCUT2D eigenvalue weighted by Gasteiger charge is -2.32. The number of fused-ring (bicyclic) bond motifs is 2. The predicted octanol–water partition coefficient (Wildman–Crippen LogP) is 3.54. The quantitative estimate of drug-likeness (QED) is 0.442. The van der Waals surface area contributed by atoms with Gasteiger partial charge in [0.15, 0.2) is 0 Å². The van der Waals surface area contributed by atoms with E-state index in [0.29, 0.717) is 21.9 Å². The molecule has 2 aromatic carbocycles. The summed E-state index contributed by atoms with van der Waals surface area (Å²) in [6.07, 6.45) is 0. The highest BCUT2D eigenvalue weighted by atomic mass is 16.7. The third-order valence-corrected chi connectivity index (χ3v) is 7.77. The van der Waals surface area contributed by atoms with E-state index < -0.39 is 36.6 Å². The Balaban J connectivity index is 1.56. The van der Waals surface area contributed by atoms with Crippen molar-refractivity contribution in [3.8, 4) is 0 Å². The fourth-order valence-electron chi connectivity index (χ4n) is 4.14. The Morgan fingerprint density at radius 3 is 1.24 bits per heavy atom. The molecule has 2 fully saturated rings. The highest BCUT2D eigenvalue weighted by molar-refractivity contribution is 6.62. The molecule has 5 rings (SSSR count). The standard InChI is InChI=1S/C25H30B2O6/c1-22(2)23(3,4)31-26(30-22)15-9-11-17-19(13-15)29-20-14-16(10-12-18(20)21(17)28)27-32-24(5,6)25(7,8)33-27/h9-14H,1-8H3. The molecule has 2 aliphatic heterocycles. The zero-order valence-corrected chi connectivity index (χ0v) is 20.6. The van der Waals surface area contributed by atoms with Crippen LogP contribution in [0.4, 0.5) is 0 Å². The molecule has 2 saturated heterocycles. The summed E-state index contributed by atoms with van der Waals surface area (Å²) < 4.78 is 30.9. The Morgan fingerprint density at radius 1 is 0.576 bits per heavy atom. The third kappa shape index (κ3) is 3.46. The van der Waals surface area contributed by atoms with E-state index in [1.54, 1.807) is 12.1 Å². The van der Waals surface area contributed by atoms with Gasteiger partial charge in [-0.15, -0.1) is 0 Å². The highest BCUT2D eigenvalue weighted by Gasteiger charge is 2.52. The summed E-state index contributed by atoms with van der Waals surface area (Å²) in [4.78, 5) is 13.2. The van der Waals surface area contributed by atoms with E-state index in [1.807, 2.05) is 79.7 Å². The van der Waals surface area contributed by atoms with Crippen molar-refractivity contribution in [3.63, 3.8) is 0 Å². The second kappa shape index (κ2) is 6.95. The Morgan fingerprint density at radius 2 is 0.909 bits per heavy atom. The summed E-state index contributed by atoms with van der Waals surface area (Å²) in [7, 11) is -1.06. The van der Waals surface area contributed by atoms with E-state index in [2.05, 4.69) is 0 Å². The van der Waals surface area contributed by atoms with Crippen LogP contribution in [-0.4, -0.2) is 36.6 Å². The van der Waals surface area contributed by atoms with Crippen molar-refractivity contribution in [2.45, 2.75) is 77.8 Å². The van der Waals surface area contributed by atoms with Crippen molar-refractivity contribution in [1.82, 2.24) is 0 Å². The Kier molecular flexibility index (Phi) is 4.77. The van der Waals surface area contributed by atoms with Gasteiger partial charge in [0.05, 0.1) is 33.2 Å². The molecule has 3 heterocycles. The van der Waals surface area contributed by atoms with E-state index in [9.17, 15) is 4.79 Å². The topological polar surface area (TPSA) is 67.1 Å². The lowest BCUT2D eigenvalue weighted by atomic mass is 9.78. The minimum Gasteiger partial charge on any atom is -0.456 e. The largest absolute Gasteiger partial charge is 0.494 e. The van der Waals surface area contributed by atoms with Crippen LogP contribution in [-0.2, 0) is 18.6 Å². The molecule has 0 aliphatic carbocycles. The van der Waals surface area contributed by atoms with Crippen LogP contribution in [0, 0.1) is 0 Å². The van der Waals surface area contributed by atoms with Gasteiger partial charge in [0.1, 0.15) is 11.2 Å².